The Kier molecular flexibility index (Phi) is 7.18. The van der Waals surface area contributed by atoms with Gasteiger partial charge in [-0.25, -0.2) is 9.97 Å². The Bertz CT molecular complexity index is 716. The number of amides is 2. The molecule has 1 aromatic heterocycles. The summed E-state index contributed by atoms with van der Waals surface area (Å²) in [6, 6.07) is 2.21. The SMILES string of the molecule is N#Cc1nccnc1N1CCC(CNC(=O)C(=O)NC2CCCCCC2)CC1. The molecule has 0 bridgehead atoms. The van der Waals surface area contributed by atoms with Gasteiger partial charge in [0.15, 0.2) is 11.5 Å². The van der Waals surface area contributed by atoms with Crippen molar-refractivity contribution in [2.75, 3.05) is 24.5 Å². The molecule has 28 heavy (non-hydrogen) atoms. The molecule has 2 fully saturated rings. The van der Waals surface area contributed by atoms with Crippen LogP contribution in [0.1, 0.15) is 57.1 Å². The van der Waals surface area contributed by atoms with Crippen molar-refractivity contribution < 1.29 is 9.59 Å². The summed E-state index contributed by atoms with van der Waals surface area (Å²) in [5.74, 6) is -0.113. The van der Waals surface area contributed by atoms with Crippen LogP contribution in [-0.2, 0) is 9.59 Å². The van der Waals surface area contributed by atoms with Gasteiger partial charge in [0.1, 0.15) is 6.07 Å². The molecule has 0 spiro atoms. The summed E-state index contributed by atoms with van der Waals surface area (Å²) in [4.78, 5) is 34.6. The van der Waals surface area contributed by atoms with Crippen LogP contribution in [0.5, 0.6) is 0 Å². The van der Waals surface area contributed by atoms with Gasteiger partial charge in [-0.05, 0) is 31.6 Å². The number of rotatable bonds is 4. The lowest BCUT2D eigenvalue weighted by Crippen LogP contribution is -2.46. The number of aromatic nitrogens is 2. The van der Waals surface area contributed by atoms with Gasteiger partial charge < -0.3 is 15.5 Å². The number of piperidine rings is 1. The van der Waals surface area contributed by atoms with E-state index in [1.165, 1.54) is 19.0 Å². The van der Waals surface area contributed by atoms with E-state index in [0.29, 0.717) is 24.0 Å². The Morgan fingerprint density at radius 2 is 1.71 bits per heavy atom. The molecule has 2 heterocycles. The van der Waals surface area contributed by atoms with Crippen LogP contribution in [0.15, 0.2) is 12.4 Å². The fourth-order valence-corrected chi connectivity index (χ4v) is 3.98. The van der Waals surface area contributed by atoms with Crippen molar-refractivity contribution >= 4 is 17.6 Å². The van der Waals surface area contributed by atoms with E-state index in [0.717, 1.165) is 51.6 Å². The smallest absolute Gasteiger partial charge is 0.309 e. The van der Waals surface area contributed by atoms with E-state index in [2.05, 4.69) is 31.6 Å². The molecule has 2 amide bonds. The molecule has 1 aromatic rings. The lowest BCUT2D eigenvalue weighted by Gasteiger charge is -2.32. The molecule has 8 heteroatoms. The lowest BCUT2D eigenvalue weighted by atomic mass is 9.96. The summed E-state index contributed by atoms with van der Waals surface area (Å²) in [5, 5.41) is 14.8. The zero-order valence-electron chi connectivity index (χ0n) is 16.2. The van der Waals surface area contributed by atoms with Gasteiger partial charge in [0, 0.05) is 38.1 Å². The average Bonchev–Trinajstić information content (AvgIpc) is 3.01. The van der Waals surface area contributed by atoms with Crippen molar-refractivity contribution in [1.82, 2.24) is 20.6 Å². The van der Waals surface area contributed by atoms with Gasteiger partial charge in [-0.15, -0.1) is 0 Å². The van der Waals surface area contributed by atoms with Gasteiger partial charge in [0.2, 0.25) is 0 Å². The summed E-state index contributed by atoms with van der Waals surface area (Å²) in [7, 11) is 0. The maximum Gasteiger partial charge on any atom is 0.309 e. The third-order valence-corrected chi connectivity index (χ3v) is 5.65. The van der Waals surface area contributed by atoms with E-state index in [1.807, 2.05) is 0 Å². The molecule has 2 aliphatic rings. The van der Waals surface area contributed by atoms with Crippen LogP contribution >= 0.6 is 0 Å². The van der Waals surface area contributed by atoms with Crippen molar-refractivity contribution in [2.45, 2.75) is 57.4 Å². The quantitative estimate of drug-likeness (QED) is 0.601. The summed E-state index contributed by atoms with van der Waals surface area (Å²) < 4.78 is 0. The predicted molar refractivity (Wildman–Crippen MR) is 104 cm³/mol. The fourth-order valence-electron chi connectivity index (χ4n) is 3.98. The predicted octanol–water partition coefficient (Wildman–Crippen LogP) is 1.52. The molecule has 0 radical (unpaired) electrons. The molecule has 1 aliphatic carbocycles. The van der Waals surface area contributed by atoms with E-state index in [4.69, 9.17) is 5.26 Å². The van der Waals surface area contributed by atoms with Crippen molar-refractivity contribution in [2.24, 2.45) is 5.92 Å². The molecule has 1 aliphatic heterocycles. The number of nitrogens with zero attached hydrogens (tertiary/aromatic N) is 4. The topological polar surface area (TPSA) is 111 Å². The van der Waals surface area contributed by atoms with Gasteiger partial charge in [0.05, 0.1) is 0 Å². The van der Waals surface area contributed by atoms with Crippen LogP contribution in [0.4, 0.5) is 5.82 Å². The Hall–Kier alpha value is -2.69. The number of hydrogen-bond acceptors (Lipinski definition) is 6. The Morgan fingerprint density at radius 1 is 1.04 bits per heavy atom. The van der Waals surface area contributed by atoms with E-state index in [-0.39, 0.29) is 6.04 Å². The minimum Gasteiger partial charge on any atom is -0.354 e. The van der Waals surface area contributed by atoms with Crippen molar-refractivity contribution in [3.63, 3.8) is 0 Å². The standard InChI is InChI=1S/C20H28N6O2/c21-13-17-18(23-10-9-22-17)26-11-7-15(8-12-26)14-24-19(27)20(28)25-16-5-3-1-2-4-6-16/h9-10,15-16H,1-8,11-12,14H2,(H,24,27)(H,25,28). The van der Waals surface area contributed by atoms with Gasteiger partial charge in [0.25, 0.3) is 0 Å². The third-order valence-electron chi connectivity index (χ3n) is 5.65. The Morgan fingerprint density at radius 3 is 2.39 bits per heavy atom. The van der Waals surface area contributed by atoms with E-state index < -0.39 is 11.8 Å². The average molecular weight is 384 g/mol. The molecular formula is C20H28N6O2. The summed E-state index contributed by atoms with van der Waals surface area (Å²) in [6.07, 6.45) is 11.4. The summed E-state index contributed by atoms with van der Waals surface area (Å²) >= 11 is 0. The van der Waals surface area contributed by atoms with E-state index >= 15 is 0 Å². The van der Waals surface area contributed by atoms with Gasteiger partial charge in [-0.3, -0.25) is 9.59 Å². The normalized spacial score (nSPS) is 18.8. The highest BCUT2D eigenvalue weighted by Crippen LogP contribution is 2.23. The number of nitrogens with one attached hydrogen (secondary N) is 2. The highest BCUT2D eigenvalue weighted by atomic mass is 16.2. The third kappa shape index (κ3) is 5.41. The number of carbonyl (C=O) groups excluding carboxylic acids is 2. The zero-order chi connectivity index (χ0) is 19.8. The van der Waals surface area contributed by atoms with Crippen LogP contribution in [0.3, 0.4) is 0 Å². The van der Waals surface area contributed by atoms with Crippen LogP contribution in [0, 0.1) is 17.2 Å². The van der Waals surface area contributed by atoms with Gasteiger partial charge in [-0.1, -0.05) is 25.7 Å². The molecule has 3 rings (SSSR count). The molecule has 150 valence electrons. The molecule has 1 saturated heterocycles. The van der Waals surface area contributed by atoms with Crippen LogP contribution in [-0.4, -0.2) is 47.5 Å². The van der Waals surface area contributed by atoms with E-state index in [9.17, 15) is 9.59 Å². The van der Waals surface area contributed by atoms with E-state index in [1.54, 1.807) is 6.20 Å². The summed E-state index contributed by atoms with van der Waals surface area (Å²) in [5.41, 5.74) is 0.337. The molecule has 0 atom stereocenters. The molecule has 0 aromatic carbocycles. The second-order valence-electron chi connectivity index (χ2n) is 7.64. The van der Waals surface area contributed by atoms with Crippen molar-refractivity contribution in [1.29, 1.82) is 5.26 Å². The first-order valence-electron chi connectivity index (χ1n) is 10.2. The first-order valence-corrected chi connectivity index (χ1v) is 10.2. The van der Waals surface area contributed by atoms with Crippen molar-refractivity contribution in [3.8, 4) is 6.07 Å². The largest absolute Gasteiger partial charge is 0.354 e. The zero-order valence-corrected chi connectivity index (χ0v) is 16.2. The fraction of sp³-hybridized carbons (Fsp3) is 0.650. The Labute approximate surface area is 165 Å². The highest BCUT2D eigenvalue weighted by Gasteiger charge is 2.24. The number of hydrogen-bond donors (Lipinski definition) is 2. The number of anilines is 1. The van der Waals surface area contributed by atoms with Crippen LogP contribution in [0.2, 0.25) is 0 Å². The first kappa shape index (κ1) is 20.1. The van der Waals surface area contributed by atoms with Crippen LogP contribution < -0.4 is 15.5 Å². The molecule has 1 saturated carbocycles. The minimum absolute atomic E-state index is 0.130. The molecule has 0 unspecified atom stereocenters. The summed E-state index contributed by atoms with van der Waals surface area (Å²) in [6.45, 7) is 2.00. The Balaban J connectivity index is 1.40. The lowest BCUT2D eigenvalue weighted by molar-refractivity contribution is -0.139. The van der Waals surface area contributed by atoms with Crippen LogP contribution in [0.25, 0.3) is 0 Å². The maximum atomic E-state index is 12.1. The van der Waals surface area contributed by atoms with Gasteiger partial charge >= 0.3 is 11.8 Å². The monoisotopic (exact) mass is 384 g/mol. The number of carbonyl (C=O) groups is 2. The molecular weight excluding hydrogens is 356 g/mol. The van der Waals surface area contributed by atoms with Crippen molar-refractivity contribution in [3.05, 3.63) is 18.1 Å². The second kappa shape index (κ2) is 10.0. The minimum atomic E-state index is -0.535. The number of nitriles is 1. The first-order chi connectivity index (χ1) is 13.7. The molecule has 8 nitrogen and oxygen atoms in total. The highest BCUT2D eigenvalue weighted by molar-refractivity contribution is 6.35. The molecule has 2 N–H and O–H groups in total. The maximum absolute atomic E-state index is 12.1. The van der Waals surface area contributed by atoms with Gasteiger partial charge in [-0.2, -0.15) is 5.26 Å². The second-order valence-corrected chi connectivity index (χ2v) is 7.64.